The minimum Gasteiger partial charge on any atom is -0.358 e. The van der Waals surface area contributed by atoms with Gasteiger partial charge < -0.3 is 4.98 Å². The Hall–Kier alpha value is -1.57. The molecule has 1 atom stereocenters. The van der Waals surface area contributed by atoms with Crippen LogP contribution in [0.1, 0.15) is 38.4 Å². The first kappa shape index (κ1) is 12.5. The van der Waals surface area contributed by atoms with Gasteiger partial charge in [-0.05, 0) is 42.7 Å². The molecule has 0 spiro atoms. The third kappa shape index (κ3) is 2.09. The molecule has 1 aliphatic carbocycles. The molecule has 19 heavy (non-hydrogen) atoms. The van der Waals surface area contributed by atoms with Gasteiger partial charge >= 0.3 is 0 Å². The maximum absolute atomic E-state index is 12.6. The summed E-state index contributed by atoms with van der Waals surface area (Å²) in [7, 11) is 0. The molecular weight excluding hydrogens is 234 g/mol. The molecule has 1 N–H and O–H groups in total. The number of hydrogen-bond donors (Lipinski definition) is 1. The Balaban J connectivity index is 2.15. The van der Waals surface area contributed by atoms with Gasteiger partial charge in [-0.1, -0.05) is 32.9 Å². The lowest BCUT2D eigenvalue weighted by molar-refractivity contribution is 0.214. The second-order valence-electron chi connectivity index (χ2n) is 6.76. The number of nitrogens with one attached hydrogen (secondary N) is 1. The topological polar surface area (TPSA) is 32.9 Å². The van der Waals surface area contributed by atoms with E-state index < -0.39 is 0 Å². The fourth-order valence-electron chi connectivity index (χ4n) is 3.16. The third-order valence-electron chi connectivity index (χ3n) is 4.51. The van der Waals surface area contributed by atoms with Gasteiger partial charge in [-0.3, -0.25) is 4.79 Å². The molecule has 1 heterocycles. The van der Waals surface area contributed by atoms with Crippen LogP contribution in [0, 0.1) is 11.3 Å². The zero-order valence-corrected chi connectivity index (χ0v) is 11.9. The highest BCUT2D eigenvalue weighted by molar-refractivity contribution is 5.79. The molecule has 3 rings (SSSR count). The van der Waals surface area contributed by atoms with E-state index in [9.17, 15) is 4.79 Å². The quantitative estimate of drug-likeness (QED) is 0.765. The van der Waals surface area contributed by atoms with Crippen LogP contribution < -0.4 is 5.43 Å². The van der Waals surface area contributed by atoms with Gasteiger partial charge in [0.25, 0.3) is 0 Å². The van der Waals surface area contributed by atoms with E-state index in [4.69, 9.17) is 0 Å². The van der Waals surface area contributed by atoms with Gasteiger partial charge in [-0.25, -0.2) is 0 Å². The van der Waals surface area contributed by atoms with Crippen LogP contribution in [0.25, 0.3) is 10.9 Å². The van der Waals surface area contributed by atoms with Crippen LogP contribution in [0.4, 0.5) is 0 Å². The Bertz CT molecular complexity index is 676. The van der Waals surface area contributed by atoms with Crippen molar-refractivity contribution >= 4 is 10.9 Å². The molecule has 0 bridgehead atoms. The van der Waals surface area contributed by atoms with Gasteiger partial charge in [0.2, 0.25) is 0 Å². The first-order chi connectivity index (χ1) is 8.97. The Morgan fingerprint density at radius 2 is 1.95 bits per heavy atom. The fourth-order valence-corrected chi connectivity index (χ4v) is 3.16. The number of pyridine rings is 1. The number of aromatic amines is 1. The Kier molecular flexibility index (Phi) is 2.77. The van der Waals surface area contributed by atoms with E-state index in [0.29, 0.717) is 5.92 Å². The first-order valence-electron chi connectivity index (χ1n) is 7.09. The Morgan fingerprint density at radius 3 is 2.68 bits per heavy atom. The molecule has 0 aliphatic heterocycles. The van der Waals surface area contributed by atoms with Crippen LogP contribution in [0.3, 0.4) is 0 Å². The minimum absolute atomic E-state index is 0.235. The SMILES string of the molecule is CC(C)(C)[C@@H]1CCc2[nH]c3ccccc3c(=O)c2C1. The smallest absolute Gasteiger partial charge is 0.192 e. The van der Waals surface area contributed by atoms with E-state index in [1.165, 1.54) is 6.42 Å². The van der Waals surface area contributed by atoms with E-state index in [1.54, 1.807) is 0 Å². The maximum atomic E-state index is 12.6. The number of hydrogen-bond acceptors (Lipinski definition) is 1. The molecule has 2 heteroatoms. The van der Waals surface area contributed by atoms with Crippen molar-refractivity contribution in [1.29, 1.82) is 0 Å². The van der Waals surface area contributed by atoms with Gasteiger partial charge in [0.15, 0.2) is 5.43 Å². The van der Waals surface area contributed by atoms with Gasteiger partial charge in [-0.2, -0.15) is 0 Å². The number of rotatable bonds is 0. The summed E-state index contributed by atoms with van der Waals surface area (Å²) >= 11 is 0. The van der Waals surface area contributed by atoms with Crippen molar-refractivity contribution in [2.45, 2.75) is 40.0 Å². The number of H-pyrrole nitrogens is 1. The van der Waals surface area contributed by atoms with Crippen molar-refractivity contribution in [3.05, 3.63) is 45.7 Å². The molecule has 2 nitrogen and oxygen atoms in total. The molecule has 1 aromatic carbocycles. The third-order valence-corrected chi connectivity index (χ3v) is 4.51. The van der Waals surface area contributed by atoms with Crippen LogP contribution in [-0.2, 0) is 12.8 Å². The van der Waals surface area contributed by atoms with Crippen molar-refractivity contribution in [3.8, 4) is 0 Å². The lowest BCUT2D eigenvalue weighted by atomic mass is 9.71. The van der Waals surface area contributed by atoms with Crippen LogP contribution in [0.2, 0.25) is 0 Å². The summed E-state index contributed by atoms with van der Waals surface area (Å²) in [6, 6.07) is 7.83. The molecule has 0 fully saturated rings. The second kappa shape index (κ2) is 4.22. The molecule has 100 valence electrons. The van der Waals surface area contributed by atoms with E-state index >= 15 is 0 Å². The Morgan fingerprint density at radius 1 is 1.21 bits per heavy atom. The van der Waals surface area contributed by atoms with E-state index in [-0.39, 0.29) is 10.8 Å². The minimum atomic E-state index is 0.235. The van der Waals surface area contributed by atoms with Crippen LogP contribution in [-0.4, -0.2) is 4.98 Å². The largest absolute Gasteiger partial charge is 0.358 e. The van der Waals surface area contributed by atoms with Crippen molar-refractivity contribution in [2.24, 2.45) is 11.3 Å². The van der Waals surface area contributed by atoms with Gasteiger partial charge in [-0.15, -0.1) is 0 Å². The van der Waals surface area contributed by atoms with Crippen molar-refractivity contribution in [3.63, 3.8) is 0 Å². The summed E-state index contributed by atoms with van der Waals surface area (Å²) in [4.78, 5) is 16.1. The monoisotopic (exact) mass is 255 g/mol. The lowest BCUT2D eigenvalue weighted by Gasteiger charge is -2.34. The molecule has 0 radical (unpaired) electrons. The highest BCUT2D eigenvalue weighted by Crippen LogP contribution is 2.36. The number of benzene rings is 1. The second-order valence-corrected chi connectivity index (χ2v) is 6.76. The van der Waals surface area contributed by atoms with Crippen molar-refractivity contribution in [1.82, 2.24) is 4.98 Å². The normalized spacial score (nSPS) is 19.4. The van der Waals surface area contributed by atoms with E-state index in [0.717, 1.165) is 35.0 Å². The predicted octanol–water partition coefficient (Wildman–Crippen LogP) is 3.68. The van der Waals surface area contributed by atoms with E-state index in [2.05, 4.69) is 25.8 Å². The van der Waals surface area contributed by atoms with Gasteiger partial charge in [0.05, 0.1) is 0 Å². The predicted molar refractivity (Wildman–Crippen MR) is 79.5 cm³/mol. The molecule has 0 amide bonds. The summed E-state index contributed by atoms with van der Waals surface area (Å²) in [5.74, 6) is 0.599. The average molecular weight is 255 g/mol. The zero-order chi connectivity index (χ0) is 13.6. The Labute approximate surface area is 113 Å². The standard InChI is InChI=1S/C17H21NO/c1-17(2,3)11-8-9-15-13(10-11)16(19)12-6-4-5-7-14(12)18-15/h4-7,11H,8-10H2,1-3H3,(H,18,19)/t11-/m1/s1. The highest BCUT2D eigenvalue weighted by atomic mass is 16.1. The molecular formula is C17H21NO. The maximum Gasteiger partial charge on any atom is 0.192 e. The van der Waals surface area contributed by atoms with Crippen molar-refractivity contribution in [2.75, 3.05) is 0 Å². The number of fused-ring (bicyclic) bond motifs is 2. The number of para-hydroxylation sites is 1. The van der Waals surface area contributed by atoms with Crippen LogP contribution in [0.5, 0.6) is 0 Å². The summed E-state index contributed by atoms with van der Waals surface area (Å²) < 4.78 is 0. The molecule has 2 aromatic rings. The van der Waals surface area contributed by atoms with Crippen LogP contribution in [0.15, 0.2) is 29.1 Å². The molecule has 1 aromatic heterocycles. The summed E-state index contributed by atoms with van der Waals surface area (Å²) in [5.41, 5.74) is 3.66. The average Bonchev–Trinajstić information content (AvgIpc) is 2.37. The number of aryl methyl sites for hydroxylation is 1. The molecule has 0 saturated heterocycles. The molecule has 0 unspecified atom stereocenters. The van der Waals surface area contributed by atoms with Gasteiger partial charge in [0.1, 0.15) is 0 Å². The lowest BCUT2D eigenvalue weighted by Crippen LogP contribution is -2.31. The van der Waals surface area contributed by atoms with E-state index in [1.807, 2.05) is 24.3 Å². The van der Waals surface area contributed by atoms with Gasteiger partial charge in [0, 0.05) is 22.2 Å². The number of aromatic nitrogens is 1. The summed E-state index contributed by atoms with van der Waals surface area (Å²) in [6.07, 6.45) is 3.08. The summed E-state index contributed by atoms with van der Waals surface area (Å²) in [5, 5.41) is 0.829. The highest BCUT2D eigenvalue weighted by Gasteiger charge is 2.30. The summed E-state index contributed by atoms with van der Waals surface area (Å²) in [6.45, 7) is 6.83. The first-order valence-corrected chi connectivity index (χ1v) is 7.09. The zero-order valence-electron chi connectivity index (χ0n) is 11.9. The van der Waals surface area contributed by atoms with Crippen molar-refractivity contribution < 1.29 is 0 Å². The molecule has 1 aliphatic rings. The molecule has 0 saturated carbocycles. The fraction of sp³-hybridized carbons (Fsp3) is 0.471. The van der Waals surface area contributed by atoms with Crippen LogP contribution >= 0.6 is 0 Å².